The van der Waals surface area contributed by atoms with Gasteiger partial charge in [0, 0.05) is 18.2 Å². The Kier molecular flexibility index (Phi) is 4.97. The minimum absolute atomic E-state index is 0.366. The average molecular weight is 260 g/mol. The van der Waals surface area contributed by atoms with E-state index in [1.54, 1.807) is 12.1 Å². The molecule has 3 heteroatoms. The van der Waals surface area contributed by atoms with Crippen LogP contribution in [0.25, 0.3) is 0 Å². The van der Waals surface area contributed by atoms with Gasteiger partial charge in [0.15, 0.2) is 0 Å². The second kappa shape index (κ2) is 6.71. The first-order valence-corrected chi connectivity index (χ1v) is 7.29. The van der Waals surface area contributed by atoms with Crippen molar-refractivity contribution >= 4 is 5.91 Å². The molecule has 1 aliphatic carbocycles. The molecule has 3 nitrogen and oxygen atoms in total. The lowest BCUT2D eigenvalue weighted by atomic mass is 9.84. The molecule has 0 bridgehead atoms. The Labute approximate surface area is 115 Å². The highest BCUT2D eigenvalue weighted by molar-refractivity contribution is 5.92. The second-order valence-electron chi connectivity index (χ2n) is 5.63. The summed E-state index contributed by atoms with van der Waals surface area (Å²) in [5.41, 5.74) is 7.00. The fraction of sp³-hybridized carbons (Fsp3) is 0.562. The van der Waals surface area contributed by atoms with Crippen LogP contribution in [-0.2, 0) is 6.54 Å². The molecule has 0 aliphatic heterocycles. The molecule has 0 heterocycles. The first kappa shape index (κ1) is 14.1. The monoisotopic (exact) mass is 260 g/mol. The van der Waals surface area contributed by atoms with Crippen LogP contribution in [0.4, 0.5) is 0 Å². The van der Waals surface area contributed by atoms with Crippen LogP contribution < -0.4 is 11.1 Å². The van der Waals surface area contributed by atoms with Gasteiger partial charge in [0.2, 0.25) is 5.91 Å². The molecule has 0 radical (unpaired) electrons. The van der Waals surface area contributed by atoms with Crippen LogP contribution in [0.15, 0.2) is 24.3 Å². The fourth-order valence-corrected chi connectivity index (χ4v) is 2.87. The van der Waals surface area contributed by atoms with E-state index < -0.39 is 0 Å². The van der Waals surface area contributed by atoms with Gasteiger partial charge in [0.05, 0.1) is 0 Å². The molecule has 1 aromatic carbocycles. The lowest BCUT2D eigenvalue weighted by Crippen LogP contribution is -2.34. The average Bonchev–Trinajstić information content (AvgIpc) is 2.46. The number of primary amides is 1. The van der Waals surface area contributed by atoms with Crippen LogP contribution >= 0.6 is 0 Å². The maximum absolute atomic E-state index is 11.0. The van der Waals surface area contributed by atoms with Gasteiger partial charge in [-0.3, -0.25) is 4.79 Å². The molecule has 0 unspecified atom stereocenters. The van der Waals surface area contributed by atoms with Crippen molar-refractivity contribution < 1.29 is 4.79 Å². The Bertz CT molecular complexity index is 407. The highest BCUT2D eigenvalue weighted by atomic mass is 16.1. The Balaban J connectivity index is 1.82. The van der Waals surface area contributed by atoms with Crippen LogP contribution in [0.2, 0.25) is 0 Å². The lowest BCUT2D eigenvalue weighted by molar-refractivity contribution is 0.100. The van der Waals surface area contributed by atoms with E-state index >= 15 is 0 Å². The molecule has 3 N–H and O–H groups in total. The number of nitrogens with one attached hydrogen (secondary N) is 1. The van der Waals surface area contributed by atoms with Gasteiger partial charge in [-0.05, 0) is 43.4 Å². The fourth-order valence-electron chi connectivity index (χ4n) is 2.87. The highest BCUT2D eigenvalue weighted by Gasteiger charge is 2.19. The quantitative estimate of drug-likeness (QED) is 0.855. The van der Waals surface area contributed by atoms with E-state index in [1.807, 2.05) is 12.1 Å². The molecular formula is C16H24N2O. The second-order valence-corrected chi connectivity index (χ2v) is 5.63. The van der Waals surface area contributed by atoms with Gasteiger partial charge in [-0.1, -0.05) is 31.4 Å². The van der Waals surface area contributed by atoms with Crippen molar-refractivity contribution in [1.29, 1.82) is 0 Å². The maximum Gasteiger partial charge on any atom is 0.248 e. The van der Waals surface area contributed by atoms with Gasteiger partial charge < -0.3 is 11.1 Å². The van der Waals surface area contributed by atoms with Crippen molar-refractivity contribution in [3.8, 4) is 0 Å². The molecule has 0 spiro atoms. The summed E-state index contributed by atoms with van der Waals surface area (Å²) in [6, 6.07) is 8.10. The molecule has 19 heavy (non-hydrogen) atoms. The van der Waals surface area contributed by atoms with E-state index in [9.17, 15) is 4.79 Å². The van der Waals surface area contributed by atoms with E-state index in [-0.39, 0.29) is 5.91 Å². The van der Waals surface area contributed by atoms with Gasteiger partial charge >= 0.3 is 0 Å². The first-order chi connectivity index (χ1) is 9.16. The Morgan fingerprint density at radius 2 is 1.89 bits per heavy atom. The number of amides is 1. The molecule has 2 rings (SSSR count). The minimum Gasteiger partial charge on any atom is -0.366 e. The molecular weight excluding hydrogens is 236 g/mol. The van der Waals surface area contributed by atoms with Gasteiger partial charge in [0.1, 0.15) is 0 Å². The summed E-state index contributed by atoms with van der Waals surface area (Å²) < 4.78 is 0. The van der Waals surface area contributed by atoms with Crippen LogP contribution in [0.5, 0.6) is 0 Å². The number of hydrogen-bond donors (Lipinski definition) is 2. The molecule has 1 amide bonds. The third-order valence-corrected chi connectivity index (χ3v) is 4.22. The standard InChI is InChI=1S/C16H24N2O/c1-12(14-5-3-2-4-6-14)18-11-13-7-9-15(10-8-13)16(17)19/h7-10,12,14,18H,2-6,11H2,1H3,(H2,17,19)/t12-/m1/s1. The number of carbonyl (C=O) groups excluding carboxylic acids is 1. The van der Waals surface area contributed by atoms with E-state index in [4.69, 9.17) is 5.73 Å². The molecule has 0 aromatic heterocycles. The zero-order valence-electron chi connectivity index (χ0n) is 11.7. The number of hydrogen-bond acceptors (Lipinski definition) is 2. The normalized spacial score (nSPS) is 18.2. The van der Waals surface area contributed by atoms with Crippen LogP contribution in [0, 0.1) is 5.92 Å². The van der Waals surface area contributed by atoms with Crippen molar-refractivity contribution in [2.24, 2.45) is 11.7 Å². The highest BCUT2D eigenvalue weighted by Crippen LogP contribution is 2.26. The number of carbonyl (C=O) groups is 1. The van der Waals surface area contributed by atoms with Crippen molar-refractivity contribution in [2.75, 3.05) is 0 Å². The Hall–Kier alpha value is -1.35. The van der Waals surface area contributed by atoms with Crippen LogP contribution in [-0.4, -0.2) is 11.9 Å². The summed E-state index contributed by atoms with van der Waals surface area (Å²) >= 11 is 0. The van der Waals surface area contributed by atoms with E-state index in [2.05, 4.69) is 12.2 Å². The maximum atomic E-state index is 11.0. The molecule has 104 valence electrons. The van der Waals surface area contributed by atoms with E-state index in [0.717, 1.165) is 12.5 Å². The predicted octanol–water partition coefficient (Wildman–Crippen LogP) is 2.84. The van der Waals surface area contributed by atoms with E-state index in [0.29, 0.717) is 11.6 Å². The van der Waals surface area contributed by atoms with Gasteiger partial charge in [-0.25, -0.2) is 0 Å². The molecule has 1 aliphatic rings. The molecule has 1 saturated carbocycles. The van der Waals surface area contributed by atoms with Crippen molar-refractivity contribution in [1.82, 2.24) is 5.32 Å². The molecule has 0 saturated heterocycles. The predicted molar refractivity (Wildman–Crippen MR) is 77.8 cm³/mol. The minimum atomic E-state index is -0.366. The summed E-state index contributed by atoms with van der Waals surface area (Å²) in [6.07, 6.45) is 6.87. The molecule has 1 fully saturated rings. The van der Waals surface area contributed by atoms with Gasteiger partial charge in [0.25, 0.3) is 0 Å². The lowest BCUT2D eigenvalue weighted by Gasteiger charge is -2.28. The zero-order valence-corrected chi connectivity index (χ0v) is 11.7. The first-order valence-electron chi connectivity index (χ1n) is 7.29. The topological polar surface area (TPSA) is 55.1 Å². The summed E-state index contributed by atoms with van der Waals surface area (Å²) in [4.78, 5) is 11.0. The molecule has 1 atom stereocenters. The summed E-state index contributed by atoms with van der Waals surface area (Å²) in [5, 5.41) is 3.60. The van der Waals surface area contributed by atoms with Gasteiger partial charge in [-0.15, -0.1) is 0 Å². The Morgan fingerprint density at radius 1 is 1.26 bits per heavy atom. The van der Waals surface area contributed by atoms with Crippen molar-refractivity contribution in [3.05, 3.63) is 35.4 Å². The van der Waals surface area contributed by atoms with Gasteiger partial charge in [-0.2, -0.15) is 0 Å². The third-order valence-electron chi connectivity index (χ3n) is 4.22. The van der Waals surface area contributed by atoms with Crippen molar-refractivity contribution in [2.45, 2.75) is 51.6 Å². The van der Waals surface area contributed by atoms with Crippen LogP contribution in [0.1, 0.15) is 54.9 Å². The number of benzene rings is 1. The smallest absolute Gasteiger partial charge is 0.248 e. The van der Waals surface area contributed by atoms with E-state index in [1.165, 1.54) is 37.7 Å². The third kappa shape index (κ3) is 4.06. The number of nitrogens with two attached hydrogens (primary N) is 1. The summed E-state index contributed by atoms with van der Waals surface area (Å²) in [5.74, 6) is 0.453. The Morgan fingerprint density at radius 3 is 2.47 bits per heavy atom. The zero-order chi connectivity index (χ0) is 13.7. The SMILES string of the molecule is C[C@@H](NCc1ccc(C(N)=O)cc1)C1CCCCC1. The molecule has 1 aromatic rings. The van der Waals surface area contributed by atoms with Crippen LogP contribution in [0.3, 0.4) is 0 Å². The largest absolute Gasteiger partial charge is 0.366 e. The number of rotatable bonds is 5. The van der Waals surface area contributed by atoms with Crippen molar-refractivity contribution in [3.63, 3.8) is 0 Å². The summed E-state index contributed by atoms with van der Waals surface area (Å²) in [6.45, 7) is 3.14. The summed E-state index contributed by atoms with van der Waals surface area (Å²) in [7, 11) is 0.